The van der Waals surface area contributed by atoms with E-state index in [0.717, 1.165) is 6.42 Å². The molecule has 1 unspecified atom stereocenters. The maximum absolute atomic E-state index is 6.35. The lowest BCUT2D eigenvalue weighted by Crippen LogP contribution is -2.35. The quantitative estimate of drug-likeness (QED) is 0.829. The Hall–Kier alpha value is -0.860. The molecule has 0 saturated carbocycles. The van der Waals surface area contributed by atoms with Crippen LogP contribution in [0.5, 0.6) is 0 Å². The van der Waals surface area contributed by atoms with Gasteiger partial charge in [0.15, 0.2) is 0 Å². The second-order valence-corrected chi connectivity index (χ2v) is 4.90. The predicted molar refractivity (Wildman–Crippen MR) is 68.4 cm³/mol. The molecule has 1 atom stereocenters. The van der Waals surface area contributed by atoms with Gasteiger partial charge in [-0.05, 0) is 45.2 Å². The molecule has 0 aliphatic rings. The van der Waals surface area contributed by atoms with Crippen LogP contribution in [0.4, 0.5) is 0 Å². The van der Waals surface area contributed by atoms with Crippen molar-refractivity contribution in [1.29, 1.82) is 0 Å². The molecule has 0 heterocycles. The van der Waals surface area contributed by atoms with E-state index >= 15 is 0 Å². The lowest BCUT2D eigenvalue weighted by Gasteiger charge is -2.27. The molecular formula is C14H23NO. The van der Waals surface area contributed by atoms with Crippen LogP contribution < -0.4 is 5.73 Å². The zero-order valence-electron chi connectivity index (χ0n) is 10.8. The normalized spacial score (nSPS) is 15.1. The van der Waals surface area contributed by atoms with Gasteiger partial charge in [-0.2, -0.15) is 0 Å². The molecule has 0 bridgehead atoms. The second kappa shape index (κ2) is 5.46. The van der Waals surface area contributed by atoms with Gasteiger partial charge in [0.1, 0.15) is 0 Å². The van der Waals surface area contributed by atoms with Gasteiger partial charge < -0.3 is 10.5 Å². The number of nitrogens with two attached hydrogens (primary N) is 1. The zero-order chi connectivity index (χ0) is 12.2. The fourth-order valence-electron chi connectivity index (χ4n) is 1.86. The van der Waals surface area contributed by atoms with Gasteiger partial charge in [0.25, 0.3) is 0 Å². The number of hydrogen-bond donors (Lipinski definition) is 1. The van der Waals surface area contributed by atoms with Gasteiger partial charge in [0.05, 0.1) is 6.10 Å². The van der Waals surface area contributed by atoms with Crippen LogP contribution >= 0.6 is 0 Å². The molecule has 2 heteroatoms. The summed E-state index contributed by atoms with van der Waals surface area (Å²) in [4.78, 5) is 0. The molecule has 2 nitrogen and oxygen atoms in total. The van der Waals surface area contributed by atoms with Crippen molar-refractivity contribution in [3.63, 3.8) is 0 Å². The second-order valence-electron chi connectivity index (χ2n) is 4.90. The molecule has 0 aromatic heterocycles. The van der Waals surface area contributed by atoms with Crippen molar-refractivity contribution in [2.45, 2.75) is 45.8 Å². The summed E-state index contributed by atoms with van der Waals surface area (Å²) in [5.41, 5.74) is 8.50. The van der Waals surface area contributed by atoms with E-state index in [1.165, 1.54) is 11.1 Å². The van der Waals surface area contributed by atoms with Gasteiger partial charge in [-0.15, -0.1) is 0 Å². The Morgan fingerprint density at radius 1 is 1.31 bits per heavy atom. The maximum atomic E-state index is 6.35. The molecule has 0 saturated heterocycles. The molecule has 0 aliphatic heterocycles. The lowest BCUT2D eigenvalue weighted by atomic mass is 9.87. The highest BCUT2D eigenvalue weighted by atomic mass is 16.5. The molecule has 90 valence electrons. The lowest BCUT2D eigenvalue weighted by molar-refractivity contribution is 0.0660. The highest BCUT2D eigenvalue weighted by molar-refractivity contribution is 5.31. The van der Waals surface area contributed by atoms with E-state index in [9.17, 15) is 0 Å². The molecule has 0 spiro atoms. The first kappa shape index (κ1) is 13.2. The molecule has 2 N–H and O–H groups in total. The van der Waals surface area contributed by atoms with Gasteiger partial charge in [-0.1, -0.05) is 24.3 Å². The van der Waals surface area contributed by atoms with E-state index in [1.807, 2.05) is 26.0 Å². The van der Waals surface area contributed by atoms with Crippen LogP contribution in [0.1, 0.15) is 38.3 Å². The molecule has 1 aromatic rings. The smallest absolute Gasteiger partial charge is 0.0518 e. The Morgan fingerprint density at radius 2 is 1.94 bits per heavy atom. The van der Waals surface area contributed by atoms with Crippen LogP contribution in [0.3, 0.4) is 0 Å². The van der Waals surface area contributed by atoms with Crippen molar-refractivity contribution in [1.82, 2.24) is 0 Å². The monoisotopic (exact) mass is 221 g/mol. The zero-order valence-corrected chi connectivity index (χ0v) is 10.8. The van der Waals surface area contributed by atoms with Crippen molar-refractivity contribution >= 4 is 0 Å². The molecule has 0 radical (unpaired) electrons. The third-order valence-corrected chi connectivity index (χ3v) is 2.83. The third kappa shape index (κ3) is 3.62. The maximum Gasteiger partial charge on any atom is 0.0518 e. The summed E-state index contributed by atoms with van der Waals surface area (Å²) in [6.45, 7) is 8.96. The SMILES string of the molecule is Cc1ccccc1C(C)(N)CCOC(C)C. The summed E-state index contributed by atoms with van der Waals surface area (Å²) in [6, 6.07) is 8.28. The minimum Gasteiger partial charge on any atom is -0.379 e. The van der Waals surface area contributed by atoms with Gasteiger partial charge in [-0.25, -0.2) is 0 Å². The number of benzene rings is 1. The van der Waals surface area contributed by atoms with Crippen molar-refractivity contribution < 1.29 is 4.74 Å². The molecule has 0 aliphatic carbocycles. The first-order valence-corrected chi connectivity index (χ1v) is 5.90. The minimum absolute atomic E-state index is 0.271. The summed E-state index contributed by atoms with van der Waals surface area (Å²) in [6.07, 6.45) is 1.11. The first-order valence-electron chi connectivity index (χ1n) is 5.90. The van der Waals surface area contributed by atoms with E-state index in [1.54, 1.807) is 0 Å². The standard InChI is InChI=1S/C14H23NO/c1-11(2)16-10-9-14(4,15)13-8-6-5-7-12(13)3/h5-8,11H,9-10,15H2,1-4H3. The largest absolute Gasteiger partial charge is 0.379 e. The first-order chi connectivity index (χ1) is 7.43. The van der Waals surface area contributed by atoms with E-state index in [0.29, 0.717) is 6.61 Å². The Morgan fingerprint density at radius 3 is 2.50 bits per heavy atom. The number of hydrogen-bond acceptors (Lipinski definition) is 2. The average Bonchev–Trinajstić information content (AvgIpc) is 2.17. The van der Waals surface area contributed by atoms with Crippen LogP contribution in [0.2, 0.25) is 0 Å². The predicted octanol–water partition coefficient (Wildman–Crippen LogP) is 2.98. The molecule has 0 amide bonds. The Bertz CT molecular complexity index is 331. The fraction of sp³-hybridized carbons (Fsp3) is 0.571. The average molecular weight is 221 g/mol. The van der Waals surface area contributed by atoms with Gasteiger partial charge in [0.2, 0.25) is 0 Å². The number of aryl methyl sites for hydroxylation is 1. The summed E-state index contributed by atoms with van der Waals surface area (Å²) in [5.74, 6) is 0. The summed E-state index contributed by atoms with van der Waals surface area (Å²) >= 11 is 0. The third-order valence-electron chi connectivity index (χ3n) is 2.83. The number of rotatable bonds is 5. The Labute approximate surface area is 98.8 Å². The highest BCUT2D eigenvalue weighted by Crippen LogP contribution is 2.24. The molecular weight excluding hydrogens is 198 g/mol. The molecule has 1 aromatic carbocycles. The van der Waals surface area contributed by atoms with Crippen LogP contribution in [-0.2, 0) is 10.3 Å². The topological polar surface area (TPSA) is 35.2 Å². The van der Waals surface area contributed by atoms with Crippen molar-refractivity contribution in [2.24, 2.45) is 5.73 Å². The van der Waals surface area contributed by atoms with Gasteiger partial charge in [-0.3, -0.25) is 0 Å². The fourth-order valence-corrected chi connectivity index (χ4v) is 1.86. The van der Waals surface area contributed by atoms with Crippen molar-refractivity contribution in [3.8, 4) is 0 Å². The molecule has 0 fully saturated rings. The van der Waals surface area contributed by atoms with E-state index in [-0.39, 0.29) is 11.6 Å². The Balaban J connectivity index is 2.66. The van der Waals surface area contributed by atoms with Crippen LogP contribution in [0.15, 0.2) is 24.3 Å². The molecule has 16 heavy (non-hydrogen) atoms. The van der Waals surface area contributed by atoms with Crippen LogP contribution in [0.25, 0.3) is 0 Å². The van der Waals surface area contributed by atoms with Crippen molar-refractivity contribution in [3.05, 3.63) is 35.4 Å². The van der Waals surface area contributed by atoms with E-state index in [2.05, 4.69) is 26.0 Å². The minimum atomic E-state index is -0.305. The van der Waals surface area contributed by atoms with Gasteiger partial charge >= 0.3 is 0 Å². The summed E-state index contributed by atoms with van der Waals surface area (Å²) < 4.78 is 5.56. The van der Waals surface area contributed by atoms with Gasteiger partial charge in [0, 0.05) is 12.1 Å². The molecule has 1 rings (SSSR count). The summed E-state index contributed by atoms with van der Waals surface area (Å²) in [7, 11) is 0. The van der Waals surface area contributed by atoms with E-state index < -0.39 is 0 Å². The highest BCUT2D eigenvalue weighted by Gasteiger charge is 2.22. The van der Waals surface area contributed by atoms with Crippen LogP contribution in [0, 0.1) is 6.92 Å². The van der Waals surface area contributed by atoms with E-state index in [4.69, 9.17) is 10.5 Å². The van der Waals surface area contributed by atoms with Crippen molar-refractivity contribution in [2.75, 3.05) is 6.61 Å². The summed E-state index contributed by atoms with van der Waals surface area (Å²) in [5, 5.41) is 0. The number of ether oxygens (including phenoxy) is 1. The van der Waals surface area contributed by atoms with Crippen LogP contribution in [-0.4, -0.2) is 12.7 Å². The Kier molecular flexibility index (Phi) is 4.51.